The van der Waals surface area contributed by atoms with Gasteiger partial charge in [-0.2, -0.15) is 0 Å². The van der Waals surface area contributed by atoms with Crippen LogP contribution >= 0.6 is 0 Å². The number of aryl methyl sites for hydroxylation is 2. The van der Waals surface area contributed by atoms with Gasteiger partial charge in [0, 0.05) is 31.5 Å². The third-order valence-corrected chi connectivity index (χ3v) is 5.17. The summed E-state index contributed by atoms with van der Waals surface area (Å²) >= 11 is 0. The largest absolute Gasteiger partial charge is 0.384 e. The Morgan fingerprint density at radius 2 is 1.56 bits per heavy atom. The van der Waals surface area contributed by atoms with Crippen LogP contribution in [0.4, 0.5) is 8.78 Å². The number of hydrogen-bond acceptors (Lipinski definition) is 3. The molecule has 1 aromatic heterocycles. The van der Waals surface area contributed by atoms with Crippen LogP contribution in [-0.2, 0) is 24.0 Å². The number of rotatable bonds is 6. The van der Waals surface area contributed by atoms with E-state index in [2.05, 4.69) is 21.8 Å². The van der Waals surface area contributed by atoms with Crippen molar-refractivity contribution >= 4 is 10.8 Å². The molecular weight excluding hydrogens is 406 g/mol. The minimum Gasteiger partial charge on any atom is -0.384 e. The highest BCUT2D eigenvalue weighted by molar-refractivity contribution is 5.84. The van der Waals surface area contributed by atoms with Gasteiger partial charge in [0.2, 0.25) is 0 Å². The van der Waals surface area contributed by atoms with Crippen LogP contribution < -0.4 is 0 Å². The van der Waals surface area contributed by atoms with Crippen LogP contribution in [0.2, 0.25) is 0 Å². The second kappa shape index (κ2) is 10.1. The lowest BCUT2D eigenvalue weighted by molar-refractivity contribution is 0.202. The summed E-state index contributed by atoms with van der Waals surface area (Å²) in [6.07, 6.45) is 5.67. The van der Waals surface area contributed by atoms with E-state index in [0.717, 1.165) is 39.7 Å². The van der Waals surface area contributed by atoms with Crippen molar-refractivity contribution in [2.75, 3.05) is 13.7 Å². The molecular formula is C27H22F2N2O. The second-order valence-electron chi connectivity index (χ2n) is 7.52. The maximum Gasteiger partial charge on any atom is 0.139 e. The highest BCUT2D eigenvalue weighted by Crippen LogP contribution is 2.17. The molecule has 0 atom stereocenters. The fourth-order valence-corrected chi connectivity index (χ4v) is 3.37. The SMILES string of the molecule is COCCc1cnc(CCc2ccc(C#Cc3ccc4cc(F)ccc4c3)c(F)c2)nc1. The number of ether oxygens (including phenoxy) is 1. The number of benzene rings is 3. The van der Waals surface area contributed by atoms with Gasteiger partial charge < -0.3 is 4.74 Å². The second-order valence-corrected chi connectivity index (χ2v) is 7.52. The van der Waals surface area contributed by atoms with E-state index in [4.69, 9.17) is 4.74 Å². The molecule has 160 valence electrons. The van der Waals surface area contributed by atoms with Crippen LogP contribution in [0, 0.1) is 23.5 Å². The molecule has 3 aromatic carbocycles. The lowest BCUT2D eigenvalue weighted by atomic mass is 10.0. The first-order valence-electron chi connectivity index (χ1n) is 10.4. The van der Waals surface area contributed by atoms with Crippen molar-refractivity contribution in [3.63, 3.8) is 0 Å². The summed E-state index contributed by atoms with van der Waals surface area (Å²) in [4.78, 5) is 8.74. The third kappa shape index (κ3) is 5.54. The Morgan fingerprint density at radius 3 is 2.34 bits per heavy atom. The minimum atomic E-state index is -0.353. The highest BCUT2D eigenvalue weighted by Gasteiger charge is 2.04. The smallest absolute Gasteiger partial charge is 0.139 e. The first kappa shape index (κ1) is 21.6. The number of fused-ring (bicyclic) bond motifs is 1. The van der Waals surface area contributed by atoms with E-state index >= 15 is 0 Å². The number of hydrogen-bond donors (Lipinski definition) is 0. The Kier molecular flexibility index (Phi) is 6.84. The van der Waals surface area contributed by atoms with Gasteiger partial charge in [0.1, 0.15) is 17.5 Å². The number of nitrogens with zero attached hydrogens (tertiary/aromatic N) is 2. The lowest BCUT2D eigenvalue weighted by Gasteiger charge is -2.04. The monoisotopic (exact) mass is 428 g/mol. The Labute approximate surface area is 186 Å². The minimum absolute atomic E-state index is 0.274. The summed E-state index contributed by atoms with van der Waals surface area (Å²) in [6, 6.07) is 15.2. The molecule has 0 spiro atoms. The molecule has 0 radical (unpaired) electrons. The molecule has 0 bridgehead atoms. The van der Waals surface area contributed by atoms with E-state index in [-0.39, 0.29) is 11.6 Å². The van der Waals surface area contributed by atoms with Gasteiger partial charge in [-0.05, 0) is 71.1 Å². The number of halogens is 2. The first-order chi connectivity index (χ1) is 15.6. The van der Waals surface area contributed by atoms with E-state index in [9.17, 15) is 8.78 Å². The molecule has 1 heterocycles. The molecule has 0 fully saturated rings. The van der Waals surface area contributed by atoms with Crippen molar-refractivity contribution in [2.45, 2.75) is 19.3 Å². The van der Waals surface area contributed by atoms with Gasteiger partial charge in [-0.15, -0.1) is 0 Å². The zero-order valence-electron chi connectivity index (χ0n) is 17.7. The summed E-state index contributed by atoms with van der Waals surface area (Å²) in [5.74, 6) is 5.99. The molecule has 4 rings (SSSR count). The molecule has 3 nitrogen and oxygen atoms in total. The summed E-state index contributed by atoms with van der Waals surface area (Å²) in [6.45, 7) is 0.637. The van der Waals surface area contributed by atoms with Gasteiger partial charge in [0.15, 0.2) is 0 Å². The summed E-state index contributed by atoms with van der Waals surface area (Å²) < 4.78 is 32.9. The molecule has 0 amide bonds. The van der Waals surface area contributed by atoms with Gasteiger partial charge in [0.25, 0.3) is 0 Å². The third-order valence-electron chi connectivity index (χ3n) is 5.17. The fourth-order valence-electron chi connectivity index (χ4n) is 3.37. The average Bonchev–Trinajstić information content (AvgIpc) is 2.81. The first-order valence-corrected chi connectivity index (χ1v) is 10.4. The van der Waals surface area contributed by atoms with E-state index in [0.29, 0.717) is 25.0 Å². The van der Waals surface area contributed by atoms with Crippen molar-refractivity contribution in [1.82, 2.24) is 9.97 Å². The van der Waals surface area contributed by atoms with Gasteiger partial charge in [-0.3, -0.25) is 0 Å². The van der Waals surface area contributed by atoms with Crippen molar-refractivity contribution in [3.05, 3.63) is 107 Å². The highest BCUT2D eigenvalue weighted by atomic mass is 19.1. The normalized spacial score (nSPS) is 10.7. The zero-order chi connectivity index (χ0) is 22.3. The molecule has 5 heteroatoms. The van der Waals surface area contributed by atoms with Gasteiger partial charge in [0.05, 0.1) is 12.2 Å². The molecule has 4 aromatic rings. The van der Waals surface area contributed by atoms with Crippen molar-refractivity contribution in [2.24, 2.45) is 0 Å². The molecule has 0 N–H and O–H groups in total. The van der Waals surface area contributed by atoms with Gasteiger partial charge in [-0.25, -0.2) is 18.7 Å². The van der Waals surface area contributed by atoms with E-state index in [1.54, 1.807) is 19.2 Å². The fraction of sp³-hybridized carbons (Fsp3) is 0.185. The molecule has 0 unspecified atom stereocenters. The van der Waals surface area contributed by atoms with Crippen molar-refractivity contribution in [3.8, 4) is 11.8 Å². The molecule has 32 heavy (non-hydrogen) atoms. The molecule has 0 aliphatic heterocycles. The van der Waals surface area contributed by atoms with Crippen LogP contribution in [0.25, 0.3) is 10.8 Å². The number of aromatic nitrogens is 2. The Balaban J connectivity index is 1.41. The molecule has 0 saturated heterocycles. The number of methoxy groups -OCH3 is 1. The van der Waals surface area contributed by atoms with Crippen LogP contribution in [0.1, 0.15) is 28.1 Å². The maximum atomic E-state index is 14.6. The molecule has 0 aliphatic rings. The predicted octanol–water partition coefficient (Wildman–Crippen LogP) is 5.28. The summed E-state index contributed by atoms with van der Waals surface area (Å²) in [7, 11) is 1.66. The summed E-state index contributed by atoms with van der Waals surface area (Å²) in [5, 5.41) is 1.70. The molecule has 0 saturated carbocycles. The Hall–Kier alpha value is -3.62. The van der Waals surface area contributed by atoms with Crippen LogP contribution in [-0.4, -0.2) is 23.7 Å². The Bertz CT molecular complexity index is 1290. The quantitative estimate of drug-likeness (QED) is 0.392. The van der Waals surface area contributed by atoms with E-state index in [1.807, 2.05) is 36.7 Å². The average molecular weight is 428 g/mol. The van der Waals surface area contributed by atoms with E-state index in [1.165, 1.54) is 18.2 Å². The maximum absolute atomic E-state index is 14.6. The standard InChI is InChI=1S/C27H22F2N2O/c1-32-13-12-21-17-30-27(31-18-21)11-5-20-3-7-22(26(29)15-20)6-2-19-4-8-24-16-25(28)10-9-23(24)14-19/h3-4,7-10,14-18H,5,11-13H2,1H3. The van der Waals surface area contributed by atoms with E-state index < -0.39 is 0 Å². The van der Waals surface area contributed by atoms with Crippen LogP contribution in [0.3, 0.4) is 0 Å². The zero-order valence-corrected chi connectivity index (χ0v) is 17.7. The summed E-state index contributed by atoms with van der Waals surface area (Å²) in [5.41, 5.74) is 2.99. The lowest BCUT2D eigenvalue weighted by Crippen LogP contribution is -2.01. The predicted molar refractivity (Wildman–Crippen MR) is 121 cm³/mol. The van der Waals surface area contributed by atoms with Crippen LogP contribution in [0.5, 0.6) is 0 Å². The topological polar surface area (TPSA) is 35.0 Å². The van der Waals surface area contributed by atoms with Gasteiger partial charge in [-0.1, -0.05) is 30.0 Å². The van der Waals surface area contributed by atoms with Crippen molar-refractivity contribution in [1.29, 1.82) is 0 Å². The van der Waals surface area contributed by atoms with Crippen molar-refractivity contribution < 1.29 is 13.5 Å². The molecule has 0 aliphatic carbocycles. The van der Waals surface area contributed by atoms with Crippen LogP contribution in [0.15, 0.2) is 67.0 Å². The Morgan fingerprint density at radius 1 is 0.781 bits per heavy atom. The van der Waals surface area contributed by atoms with Gasteiger partial charge >= 0.3 is 0 Å².